The van der Waals surface area contributed by atoms with Gasteiger partial charge < -0.3 is 4.74 Å². The van der Waals surface area contributed by atoms with Gasteiger partial charge in [-0.25, -0.2) is 0 Å². The minimum Gasteiger partial charge on any atom is -0.429 e. The number of carbonyl (C=O) groups excluding carboxylic acids is 2. The highest BCUT2D eigenvalue weighted by Crippen LogP contribution is 2.21. The number of hydrogen-bond donors (Lipinski definition) is 0. The van der Waals surface area contributed by atoms with Crippen molar-refractivity contribution in [3.63, 3.8) is 0 Å². The SMILES string of the molecule is CC(=O)CC(=O)OC(=Cc1ccccc1[N+](=O)[O-])CN(C)Cc1ccccc1. The predicted octanol–water partition coefficient (Wildman–Crippen LogP) is 3.59. The number of ketones is 1. The smallest absolute Gasteiger partial charge is 0.318 e. The molecule has 2 aromatic carbocycles. The molecular weight excluding hydrogens is 360 g/mol. The van der Waals surface area contributed by atoms with E-state index >= 15 is 0 Å². The summed E-state index contributed by atoms with van der Waals surface area (Å²) in [6, 6.07) is 15.9. The third-order valence-electron chi connectivity index (χ3n) is 3.81. The van der Waals surface area contributed by atoms with Crippen molar-refractivity contribution in [1.82, 2.24) is 4.90 Å². The van der Waals surface area contributed by atoms with E-state index in [0.29, 0.717) is 12.1 Å². The molecule has 7 nitrogen and oxygen atoms in total. The van der Waals surface area contributed by atoms with Crippen LogP contribution in [0.25, 0.3) is 6.08 Å². The van der Waals surface area contributed by atoms with Crippen molar-refractivity contribution in [2.45, 2.75) is 19.9 Å². The average molecular weight is 382 g/mol. The molecule has 0 bridgehead atoms. The Morgan fingerprint density at radius 2 is 1.75 bits per heavy atom. The number of rotatable bonds is 9. The Balaban J connectivity index is 2.25. The van der Waals surface area contributed by atoms with Crippen LogP contribution >= 0.6 is 0 Å². The second-order valence-electron chi connectivity index (χ2n) is 6.44. The van der Waals surface area contributed by atoms with Crippen LogP contribution in [0.1, 0.15) is 24.5 Å². The standard InChI is InChI=1S/C21H22N2O5/c1-16(24)12-21(25)28-19(13-18-10-6-7-11-20(18)23(26)27)15-22(2)14-17-8-4-3-5-9-17/h3-11,13H,12,14-15H2,1-2H3. The lowest BCUT2D eigenvalue weighted by molar-refractivity contribution is -0.385. The summed E-state index contributed by atoms with van der Waals surface area (Å²) in [6.45, 7) is 2.14. The molecule has 28 heavy (non-hydrogen) atoms. The van der Waals surface area contributed by atoms with Crippen LogP contribution in [0.2, 0.25) is 0 Å². The summed E-state index contributed by atoms with van der Waals surface area (Å²) in [4.78, 5) is 35.8. The van der Waals surface area contributed by atoms with E-state index in [1.807, 2.05) is 42.3 Å². The van der Waals surface area contributed by atoms with Gasteiger partial charge in [0, 0.05) is 12.6 Å². The molecule has 0 amide bonds. The van der Waals surface area contributed by atoms with Crippen LogP contribution in [0, 0.1) is 10.1 Å². The Labute approximate surface area is 163 Å². The van der Waals surface area contributed by atoms with Crippen molar-refractivity contribution >= 4 is 23.5 Å². The fourth-order valence-corrected chi connectivity index (χ4v) is 2.66. The quantitative estimate of drug-likeness (QED) is 0.216. The summed E-state index contributed by atoms with van der Waals surface area (Å²) < 4.78 is 5.35. The lowest BCUT2D eigenvalue weighted by Gasteiger charge is -2.18. The highest BCUT2D eigenvalue weighted by atomic mass is 16.6. The summed E-state index contributed by atoms with van der Waals surface area (Å²) >= 11 is 0. The number of esters is 1. The van der Waals surface area contributed by atoms with Crippen molar-refractivity contribution in [2.24, 2.45) is 0 Å². The first-order valence-electron chi connectivity index (χ1n) is 8.71. The van der Waals surface area contributed by atoms with Crippen molar-refractivity contribution in [3.05, 3.63) is 81.6 Å². The zero-order chi connectivity index (χ0) is 20.5. The van der Waals surface area contributed by atoms with E-state index in [9.17, 15) is 19.7 Å². The Kier molecular flexibility index (Phi) is 7.59. The molecule has 146 valence electrons. The molecule has 0 aliphatic heterocycles. The number of ether oxygens (including phenoxy) is 1. The number of nitro groups is 1. The number of Topliss-reactive ketones (excluding diaryl/α,β-unsaturated/α-hetero) is 1. The van der Waals surface area contributed by atoms with Gasteiger partial charge in [-0.05, 0) is 31.7 Å². The fourth-order valence-electron chi connectivity index (χ4n) is 2.66. The largest absolute Gasteiger partial charge is 0.429 e. The van der Waals surface area contributed by atoms with Gasteiger partial charge in [-0.1, -0.05) is 42.5 Å². The fraction of sp³-hybridized carbons (Fsp3) is 0.238. The predicted molar refractivity (Wildman–Crippen MR) is 105 cm³/mol. The normalized spacial score (nSPS) is 11.3. The summed E-state index contributed by atoms with van der Waals surface area (Å²) in [5.74, 6) is -0.767. The summed E-state index contributed by atoms with van der Waals surface area (Å²) in [6.07, 6.45) is 1.12. The van der Waals surface area contributed by atoms with Gasteiger partial charge in [0.2, 0.25) is 0 Å². The Morgan fingerprint density at radius 1 is 1.11 bits per heavy atom. The monoisotopic (exact) mass is 382 g/mol. The number of carbonyl (C=O) groups is 2. The molecule has 2 aromatic rings. The van der Waals surface area contributed by atoms with Crippen LogP contribution in [0.15, 0.2) is 60.4 Å². The highest BCUT2D eigenvalue weighted by Gasteiger charge is 2.16. The van der Waals surface area contributed by atoms with Crippen LogP contribution in [-0.2, 0) is 20.9 Å². The first-order valence-corrected chi connectivity index (χ1v) is 8.71. The number of nitro benzene ring substituents is 1. The molecule has 0 radical (unpaired) electrons. The molecule has 0 fully saturated rings. The average Bonchev–Trinajstić information content (AvgIpc) is 2.61. The number of likely N-dealkylation sites (N-methyl/N-ethyl adjacent to an activating group) is 1. The first kappa shape index (κ1) is 21.0. The number of nitrogens with zero attached hydrogens (tertiary/aromatic N) is 2. The lowest BCUT2D eigenvalue weighted by atomic mass is 10.1. The maximum atomic E-state index is 12.0. The molecule has 0 aromatic heterocycles. The second kappa shape index (κ2) is 10.1. The van der Waals surface area contributed by atoms with Gasteiger partial charge >= 0.3 is 5.97 Å². The van der Waals surface area contributed by atoms with E-state index in [1.54, 1.807) is 18.2 Å². The molecule has 0 unspecified atom stereocenters. The Bertz CT molecular complexity index is 877. The Morgan fingerprint density at radius 3 is 2.39 bits per heavy atom. The van der Waals surface area contributed by atoms with Crippen molar-refractivity contribution in [2.75, 3.05) is 13.6 Å². The minimum atomic E-state index is -0.689. The van der Waals surface area contributed by atoms with Crippen molar-refractivity contribution < 1.29 is 19.2 Å². The van der Waals surface area contributed by atoms with Crippen LogP contribution < -0.4 is 0 Å². The molecule has 0 N–H and O–H groups in total. The first-order chi connectivity index (χ1) is 13.3. The number of para-hydroxylation sites is 1. The second-order valence-corrected chi connectivity index (χ2v) is 6.44. The van der Waals surface area contributed by atoms with Gasteiger partial charge in [0.15, 0.2) is 0 Å². The van der Waals surface area contributed by atoms with E-state index in [0.717, 1.165) is 5.56 Å². The van der Waals surface area contributed by atoms with Crippen molar-refractivity contribution in [3.8, 4) is 0 Å². The molecule has 0 saturated heterocycles. The zero-order valence-corrected chi connectivity index (χ0v) is 15.8. The molecule has 0 saturated carbocycles. The van der Waals surface area contributed by atoms with E-state index < -0.39 is 10.9 Å². The van der Waals surface area contributed by atoms with E-state index in [2.05, 4.69) is 0 Å². The molecule has 7 heteroatoms. The molecule has 0 aliphatic rings. The molecule has 0 atom stereocenters. The van der Waals surface area contributed by atoms with Gasteiger partial charge in [0.1, 0.15) is 18.0 Å². The zero-order valence-electron chi connectivity index (χ0n) is 15.8. The van der Waals surface area contributed by atoms with Crippen LogP contribution in [0.4, 0.5) is 5.69 Å². The van der Waals surface area contributed by atoms with Gasteiger partial charge in [0.05, 0.1) is 17.0 Å². The van der Waals surface area contributed by atoms with E-state index in [-0.39, 0.29) is 30.2 Å². The van der Waals surface area contributed by atoms with Gasteiger partial charge in [-0.15, -0.1) is 0 Å². The summed E-state index contributed by atoms with van der Waals surface area (Å²) in [5.41, 5.74) is 1.31. The third kappa shape index (κ3) is 6.77. The van der Waals surface area contributed by atoms with Gasteiger partial charge in [-0.2, -0.15) is 0 Å². The topological polar surface area (TPSA) is 89.8 Å². The molecule has 2 rings (SSSR count). The molecule has 0 aliphatic carbocycles. The summed E-state index contributed by atoms with van der Waals surface area (Å²) in [5, 5.41) is 11.2. The summed E-state index contributed by atoms with van der Waals surface area (Å²) in [7, 11) is 1.85. The van der Waals surface area contributed by atoms with E-state index in [4.69, 9.17) is 4.74 Å². The maximum Gasteiger partial charge on any atom is 0.318 e. The minimum absolute atomic E-state index is 0.0895. The molecular formula is C21H22N2O5. The van der Waals surface area contributed by atoms with Crippen LogP contribution in [0.3, 0.4) is 0 Å². The van der Waals surface area contributed by atoms with Gasteiger partial charge in [0.25, 0.3) is 5.69 Å². The van der Waals surface area contributed by atoms with Crippen molar-refractivity contribution in [1.29, 1.82) is 0 Å². The maximum absolute atomic E-state index is 12.0. The number of hydrogen-bond acceptors (Lipinski definition) is 6. The Hall–Kier alpha value is -3.32. The third-order valence-corrected chi connectivity index (χ3v) is 3.81. The van der Waals surface area contributed by atoms with Crippen LogP contribution in [-0.4, -0.2) is 35.2 Å². The number of benzene rings is 2. The van der Waals surface area contributed by atoms with Crippen LogP contribution in [0.5, 0.6) is 0 Å². The molecule has 0 heterocycles. The molecule has 0 spiro atoms. The lowest BCUT2D eigenvalue weighted by Crippen LogP contribution is -2.23. The van der Waals surface area contributed by atoms with Gasteiger partial charge in [-0.3, -0.25) is 24.6 Å². The van der Waals surface area contributed by atoms with E-state index in [1.165, 1.54) is 19.1 Å². The highest BCUT2D eigenvalue weighted by molar-refractivity contribution is 5.94.